The number of carbonyl (C=O) groups is 2. The van der Waals surface area contributed by atoms with Crippen molar-refractivity contribution in [2.45, 2.75) is 26.7 Å². The van der Waals surface area contributed by atoms with Crippen LogP contribution in [0.25, 0.3) is 0 Å². The van der Waals surface area contributed by atoms with E-state index in [4.69, 9.17) is 9.47 Å². The van der Waals surface area contributed by atoms with Gasteiger partial charge in [0.15, 0.2) is 0 Å². The number of benzene rings is 1. The van der Waals surface area contributed by atoms with Crippen molar-refractivity contribution in [1.82, 2.24) is 4.90 Å². The fraction of sp³-hybridized carbons (Fsp3) is 0.619. The molecule has 0 aromatic heterocycles. The summed E-state index contributed by atoms with van der Waals surface area (Å²) in [6, 6.07) is 7.62. The summed E-state index contributed by atoms with van der Waals surface area (Å²) in [5, 5.41) is 0. The van der Waals surface area contributed by atoms with Crippen LogP contribution in [-0.2, 0) is 14.3 Å². The van der Waals surface area contributed by atoms with Gasteiger partial charge in [0.1, 0.15) is 6.29 Å². The number of hydrogen-bond acceptors (Lipinski definition) is 5. The molecule has 0 spiro atoms. The Bertz CT molecular complexity index is 558. The van der Waals surface area contributed by atoms with Gasteiger partial charge in [-0.05, 0) is 51.0 Å². The molecule has 1 aliphatic heterocycles. The van der Waals surface area contributed by atoms with E-state index in [0.717, 1.165) is 37.9 Å². The number of amides is 1. The zero-order valence-electron chi connectivity index (χ0n) is 16.6. The fourth-order valence-electron chi connectivity index (χ4n) is 3.38. The van der Waals surface area contributed by atoms with Crippen LogP contribution in [0.15, 0.2) is 24.3 Å². The number of ether oxygens (including phenoxy) is 2. The molecule has 1 aromatic carbocycles. The van der Waals surface area contributed by atoms with Gasteiger partial charge in [0.2, 0.25) is 5.91 Å². The predicted molar refractivity (Wildman–Crippen MR) is 106 cm³/mol. The van der Waals surface area contributed by atoms with Gasteiger partial charge in [-0.25, -0.2) is 0 Å². The molecule has 0 saturated carbocycles. The standard InChI is InChI=1S/C21H32N2O4/c1-3-26-15-13-23(14-16-27-4-2)21(25)19-9-11-22(12-10-19)20-7-5-18(17-24)6-8-20/h5-8,17,19H,3-4,9-16H2,1-2H3. The quantitative estimate of drug-likeness (QED) is 0.439. The molecule has 1 aliphatic rings. The summed E-state index contributed by atoms with van der Waals surface area (Å²) < 4.78 is 10.9. The highest BCUT2D eigenvalue weighted by Crippen LogP contribution is 2.25. The maximum atomic E-state index is 13.0. The molecule has 1 amide bonds. The summed E-state index contributed by atoms with van der Waals surface area (Å²) >= 11 is 0. The van der Waals surface area contributed by atoms with Crippen molar-refractivity contribution in [3.8, 4) is 0 Å². The van der Waals surface area contributed by atoms with Gasteiger partial charge in [0.05, 0.1) is 13.2 Å². The second-order valence-electron chi connectivity index (χ2n) is 6.69. The van der Waals surface area contributed by atoms with Gasteiger partial charge in [-0.15, -0.1) is 0 Å². The first-order chi connectivity index (χ1) is 13.2. The van der Waals surface area contributed by atoms with Crippen LogP contribution in [0.5, 0.6) is 0 Å². The Morgan fingerprint density at radius 3 is 2.11 bits per heavy atom. The van der Waals surface area contributed by atoms with E-state index in [1.54, 1.807) is 0 Å². The van der Waals surface area contributed by atoms with Crippen LogP contribution < -0.4 is 4.90 Å². The SMILES string of the molecule is CCOCCN(CCOCC)C(=O)C1CCN(c2ccc(C=O)cc2)CC1. The summed E-state index contributed by atoms with van der Waals surface area (Å²) in [7, 11) is 0. The topological polar surface area (TPSA) is 59.1 Å². The minimum absolute atomic E-state index is 0.0544. The summed E-state index contributed by atoms with van der Waals surface area (Å²) in [4.78, 5) is 27.9. The molecule has 6 heteroatoms. The Kier molecular flexibility index (Phi) is 9.28. The first kappa shape index (κ1) is 21.4. The first-order valence-electron chi connectivity index (χ1n) is 9.94. The molecule has 27 heavy (non-hydrogen) atoms. The second-order valence-corrected chi connectivity index (χ2v) is 6.69. The van der Waals surface area contributed by atoms with Crippen molar-refractivity contribution in [2.75, 3.05) is 57.5 Å². The Morgan fingerprint density at radius 1 is 1.07 bits per heavy atom. The normalized spacial score (nSPS) is 15.0. The lowest BCUT2D eigenvalue weighted by Gasteiger charge is -2.35. The Morgan fingerprint density at radius 2 is 1.63 bits per heavy atom. The molecule has 1 heterocycles. The van der Waals surface area contributed by atoms with Gasteiger partial charge in [-0.2, -0.15) is 0 Å². The summed E-state index contributed by atoms with van der Waals surface area (Å²) in [6.45, 7) is 9.31. The Labute approximate surface area is 162 Å². The second kappa shape index (κ2) is 11.7. The van der Waals surface area contributed by atoms with Crippen LogP contribution in [-0.4, -0.2) is 69.7 Å². The van der Waals surface area contributed by atoms with Crippen LogP contribution >= 0.6 is 0 Å². The number of anilines is 1. The molecule has 2 rings (SSSR count). The number of rotatable bonds is 11. The highest BCUT2D eigenvalue weighted by molar-refractivity contribution is 5.79. The van der Waals surface area contributed by atoms with Crippen LogP contribution in [0, 0.1) is 5.92 Å². The lowest BCUT2D eigenvalue weighted by atomic mass is 9.94. The molecule has 0 radical (unpaired) electrons. The zero-order chi connectivity index (χ0) is 19.5. The molecule has 0 unspecified atom stereocenters. The molecule has 6 nitrogen and oxygen atoms in total. The molecule has 150 valence electrons. The number of hydrogen-bond donors (Lipinski definition) is 0. The van der Waals surface area contributed by atoms with Crippen molar-refractivity contribution < 1.29 is 19.1 Å². The monoisotopic (exact) mass is 376 g/mol. The smallest absolute Gasteiger partial charge is 0.225 e. The largest absolute Gasteiger partial charge is 0.380 e. The van der Waals surface area contributed by atoms with Crippen LogP contribution in [0.3, 0.4) is 0 Å². The van der Waals surface area contributed by atoms with E-state index in [-0.39, 0.29) is 11.8 Å². The van der Waals surface area contributed by atoms with Crippen molar-refractivity contribution >= 4 is 17.9 Å². The third kappa shape index (κ3) is 6.63. The van der Waals surface area contributed by atoms with Gasteiger partial charge in [0, 0.05) is 56.6 Å². The maximum Gasteiger partial charge on any atom is 0.225 e. The summed E-state index contributed by atoms with van der Waals surface area (Å²) in [5.41, 5.74) is 1.79. The van der Waals surface area contributed by atoms with E-state index in [1.165, 1.54) is 0 Å². The third-order valence-electron chi connectivity index (χ3n) is 4.97. The summed E-state index contributed by atoms with van der Waals surface area (Å²) in [5.74, 6) is 0.268. The fourth-order valence-corrected chi connectivity index (χ4v) is 3.38. The minimum atomic E-state index is 0.0544. The minimum Gasteiger partial charge on any atom is -0.380 e. The molecule has 1 saturated heterocycles. The van der Waals surface area contributed by atoms with Crippen molar-refractivity contribution in [1.29, 1.82) is 0 Å². The highest BCUT2D eigenvalue weighted by Gasteiger charge is 2.28. The molecule has 0 N–H and O–H groups in total. The van der Waals surface area contributed by atoms with E-state index in [2.05, 4.69) is 4.90 Å². The lowest BCUT2D eigenvalue weighted by Crippen LogP contribution is -2.44. The van der Waals surface area contributed by atoms with Crippen molar-refractivity contribution in [3.63, 3.8) is 0 Å². The van der Waals surface area contributed by atoms with Crippen LogP contribution in [0.2, 0.25) is 0 Å². The highest BCUT2D eigenvalue weighted by atomic mass is 16.5. The van der Waals surface area contributed by atoms with Gasteiger partial charge in [0.25, 0.3) is 0 Å². The molecule has 0 bridgehead atoms. The van der Waals surface area contributed by atoms with Gasteiger partial charge >= 0.3 is 0 Å². The van der Waals surface area contributed by atoms with Crippen molar-refractivity contribution in [2.24, 2.45) is 5.92 Å². The molecule has 1 fully saturated rings. The molecule has 1 aromatic rings. The maximum absolute atomic E-state index is 13.0. The van der Waals surface area contributed by atoms with Gasteiger partial charge in [-0.3, -0.25) is 9.59 Å². The van der Waals surface area contributed by atoms with Crippen molar-refractivity contribution in [3.05, 3.63) is 29.8 Å². The van der Waals surface area contributed by atoms with E-state index in [1.807, 2.05) is 43.0 Å². The molecule has 0 atom stereocenters. The molecular formula is C21H32N2O4. The number of piperidine rings is 1. The molecular weight excluding hydrogens is 344 g/mol. The van der Waals surface area contributed by atoms with E-state index in [0.29, 0.717) is 45.1 Å². The Balaban J connectivity index is 1.88. The number of aldehydes is 1. The zero-order valence-corrected chi connectivity index (χ0v) is 16.6. The van der Waals surface area contributed by atoms with Gasteiger partial charge < -0.3 is 19.3 Å². The van der Waals surface area contributed by atoms with Gasteiger partial charge in [-0.1, -0.05) is 0 Å². The number of nitrogens with zero attached hydrogens (tertiary/aromatic N) is 2. The Hall–Kier alpha value is -1.92. The number of carbonyl (C=O) groups excluding carboxylic acids is 2. The van der Waals surface area contributed by atoms with E-state index in [9.17, 15) is 9.59 Å². The average molecular weight is 376 g/mol. The average Bonchev–Trinajstić information content (AvgIpc) is 2.72. The summed E-state index contributed by atoms with van der Waals surface area (Å²) in [6.07, 6.45) is 2.54. The van der Waals surface area contributed by atoms with E-state index < -0.39 is 0 Å². The van der Waals surface area contributed by atoms with Crippen LogP contribution in [0.1, 0.15) is 37.0 Å². The third-order valence-corrected chi connectivity index (χ3v) is 4.97. The van der Waals surface area contributed by atoms with E-state index >= 15 is 0 Å². The molecule has 0 aliphatic carbocycles. The lowest BCUT2D eigenvalue weighted by molar-refractivity contribution is -0.137. The predicted octanol–water partition coefficient (Wildman–Crippen LogP) is 2.62. The first-order valence-corrected chi connectivity index (χ1v) is 9.94. The van der Waals surface area contributed by atoms with Crippen LogP contribution in [0.4, 0.5) is 5.69 Å².